The van der Waals surface area contributed by atoms with Crippen molar-refractivity contribution in [3.05, 3.63) is 40.8 Å². The summed E-state index contributed by atoms with van der Waals surface area (Å²) in [5.41, 5.74) is 3.20. The quantitative estimate of drug-likeness (QED) is 0.447. The van der Waals surface area contributed by atoms with Gasteiger partial charge in [-0.15, -0.1) is 12.6 Å². The van der Waals surface area contributed by atoms with Crippen LogP contribution in [0.4, 0.5) is 5.69 Å². The molecule has 1 aromatic rings. The van der Waals surface area contributed by atoms with Gasteiger partial charge in [0.2, 0.25) is 0 Å². The van der Waals surface area contributed by atoms with Crippen LogP contribution in [0.5, 0.6) is 0 Å². The Bertz CT molecular complexity index is 377. The van der Waals surface area contributed by atoms with Gasteiger partial charge < -0.3 is 0 Å². The van der Waals surface area contributed by atoms with Crippen molar-refractivity contribution in [1.29, 1.82) is 0 Å². The summed E-state index contributed by atoms with van der Waals surface area (Å²) in [6.45, 7) is 4.06. The van der Waals surface area contributed by atoms with Gasteiger partial charge in [-0.3, -0.25) is 0 Å². The molecule has 0 aliphatic heterocycles. The van der Waals surface area contributed by atoms with Crippen LogP contribution in [0, 0.1) is 0 Å². The number of aliphatic imine (C=N–C) groups is 1. The summed E-state index contributed by atoms with van der Waals surface area (Å²) >= 11 is 8.36. The van der Waals surface area contributed by atoms with Gasteiger partial charge >= 0.3 is 0 Å². The highest BCUT2D eigenvalue weighted by Gasteiger charge is 1.96. The average Bonchev–Trinajstić information content (AvgIpc) is 2.29. The highest BCUT2D eigenvalue weighted by atomic mass is 32.1. The van der Waals surface area contributed by atoms with Crippen molar-refractivity contribution >= 4 is 36.0 Å². The molecular weight excluding hydrogens is 222 g/mol. The van der Waals surface area contributed by atoms with Crippen LogP contribution in [0.1, 0.15) is 19.4 Å². The van der Waals surface area contributed by atoms with Gasteiger partial charge in [0.25, 0.3) is 0 Å². The first-order valence-electron chi connectivity index (χ1n) is 4.85. The zero-order valence-corrected chi connectivity index (χ0v) is 10.7. The van der Waals surface area contributed by atoms with Crippen LogP contribution >= 0.6 is 25.3 Å². The van der Waals surface area contributed by atoms with E-state index in [1.807, 2.05) is 19.1 Å². The van der Waals surface area contributed by atoms with E-state index in [0.29, 0.717) is 5.04 Å². The van der Waals surface area contributed by atoms with Gasteiger partial charge in [0.05, 0.1) is 10.7 Å². The lowest BCUT2D eigenvalue weighted by molar-refractivity contribution is 1.14. The lowest BCUT2D eigenvalue weighted by Gasteiger charge is -2.00. The highest BCUT2D eigenvalue weighted by Crippen LogP contribution is 2.16. The number of hydrogen-bond acceptors (Lipinski definition) is 2. The number of thiol groups is 2. The van der Waals surface area contributed by atoms with Crippen molar-refractivity contribution < 1.29 is 0 Å². The van der Waals surface area contributed by atoms with Gasteiger partial charge in [-0.05, 0) is 42.0 Å². The van der Waals surface area contributed by atoms with Crippen LogP contribution in [-0.2, 0) is 6.42 Å². The highest BCUT2D eigenvalue weighted by molar-refractivity contribution is 7.97. The molecule has 1 aromatic carbocycles. The summed E-state index contributed by atoms with van der Waals surface area (Å²) in [7, 11) is 0. The van der Waals surface area contributed by atoms with Crippen molar-refractivity contribution in [3.63, 3.8) is 0 Å². The Morgan fingerprint density at radius 1 is 1.33 bits per heavy atom. The zero-order valence-electron chi connectivity index (χ0n) is 8.94. The van der Waals surface area contributed by atoms with E-state index in [0.717, 1.165) is 17.7 Å². The predicted octanol–water partition coefficient (Wildman–Crippen LogP) is 4.04. The normalized spacial score (nSPS) is 13.1. The Labute approximate surface area is 102 Å². The molecule has 0 amide bonds. The molecule has 80 valence electrons. The third-order valence-corrected chi connectivity index (χ3v) is 2.97. The van der Waals surface area contributed by atoms with Crippen molar-refractivity contribution in [2.45, 2.75) is 20.3 Å². The minimum Gasteiger partial charge on any atom is -0.242 e. The van der Waals surface area contributed by atoms with E-state index < -0.39 is 0 Å². The fourth-order valence-corrected chi connectivity index (χ4v) is 1.48. The van der Waals surface area contributed by atoms with Crippen LogP contribution in [0.15, 0.2) is 40.2 Å². The van der Waals surface area contributed by atoms with Crippen LogP contribution in [0.3, 0.4) is 0 Å². The third kappa shape index (κ3) is 3.76. The Morgan fingerprint density at radius 2 is 1.93 bits per heavy atom. The fourth-order valence-electron chi connectivity index (χ4n) is 1.07. The summed E-state index contributed by atoms with van der Waals surface area (Å²) in [6, 6.07) is 8.17. The van der Waals surface area contributed by atoms with Gasteiger partial charge in [0.15, 0.2) is 0 Å². The van der Waals surface area contributed by atoms with Gasteiger partial charge in [0.1, 0.15) is 0 Å². The molecule has 0 fully saturated rings. The van der Waals surface area contributed by atoms with E-state index in [9.17, 15) is 0 Å². The van der Waals surface area contributed by atoms with Gasteiger partial charge in [-0.2, -0.15) is 12.6 Å². The first-order valence-corrected chi connectivity index (χ1v) is 5.81. The molecule has 0 aromatic heterocycles. The van der Waals surface area contributed by atoms with Crippen LogP contribution < -0.4 is 0 Å². The molecule has 0 aliphatic rings. The molecule has 0 aliphatic carbocycles. The lowest BCUT2D eigenvalue weighted by atomic mass is 10.1. The Morgan fingerprint density at radius 3 is 2.40 bits per heavy atom. The van der Waals surface area contributed by atoms with E-state index >= 15 is 0 Å². The van der Waals surface area contributed by atoms with Crippen LogP contribution in [-0.4, -0.2) is 5.04 Å². The SMILES string of the molecule is CCc1ccc(/N=C(S)/C(C)=C/S)cc1. The minimum atomic E-state index is 0.703. The summed E-state index contributed by atoms with van der Waals surface area (Å²) in [5, 5.41) is 2.40. The second-order valence-electron chi connectivity index (χ2n) is 3.27. The first-order chi connectivity index (χ1) is 7.17. The molecule has 0 atom stereocenters. The Hall–Kier alpha value is -0.670. The number of aryl methyl sites for hydroxylation is 1. The smallest absolute Gasteiger partial charge is 0.0970 e. The number of hydrogen-bond donors (Lipinski definition) is 2. The summed E-state index contributed by atoms with van der Waals surface area (Å²) in [4.78, 5) is 4.37. The van der Waals surface area contributed by atoms with Crippen LogP contribution in [0.25, 0.3) is 0 Å². The average molecular weight is 237 g/mol. The molecule has 0 bridgehead atoms. The maximum Gasteiger partial charge on any atom is 0.0970 e. The van der Waals surface area contributed by atoms with Gasteiger partial charge in [-0.25, -0.2) is 4.99 Å². The molecule has 0 N–H and O–H groups in total. The molecule has 0 saturated heterocycles. The summed E-state index contributed by atoms with van der Waals surface area (Å²) in [6.07, 6.45) is 1.05. The summed E-state index contributed by atoms with van der Waals surface area (Å²) < 4.78 is 0. The van der Waals surface area contributed by atoms with Gasteiger partial charge in [-0.1, -0.05) is 19.1 Å². The maximum absolute atomic E-state index is 4.37. The predicted molar refractivity (Wildman–Crippen MR) is 74.6 cm³/mol. The van der Waals surface area contributed by atoms with Crippen molar-refractivity contribution in [3.8, 4) is 0 Å². The standard InChI is InChI=1S/C12H15NS2/c1-3-10-4-6-11(7-5-10)13-12(15)9(2)8-14/h4-8,14H,3H2,1-2H3,(H,13,15)/b9-8+. The van der Waals surface area contributed by atoms with E-state index in [4.69, 9.17) is 0 Å². The molecule has 0 spiro atoms. The monoisotopic (exact) mass is 237 g/mol. The van der Waals surface area contributed by atoms with Crippen molar-refractivity contribution in [1.82, 2.24) is 0 Å². The molecule has 0 saturated carbocycles. The van der Waals surface area contributed by atoms with E-state index in [1.54, 1.807) is 5.41 Å². The molecular formula is C12H15NS2. The summed E-state index contributed by atoms with van der Waals surface area (Å²) in [5.74, 6) is 0. The molecule has 1 nitrogen and oxygen atoms in total. The second-order valence-corrected chi connectivity index (χ2v) is 3.95. The first kappa shape index (κ1) is 12.4. The molecule has 3 heteroatoms. The topological polar surface area (TPSA) is 12.4 Å². The third-order valence-electron chi connectivity index (χ3n) is 2.13. The second kappa shape index (κ2) is 6.03. The van der Waals surface area contributed by atoms with Crippen LogP contribution in [0.2, 0.25) is 0 Å². The molecule has 15 heavy (non-hydrogen) atoms. The largest absolute Gasteiger partial charge is 0.242 e. The number of nitrogens with zero attached hydrogens (tertiary/aromatic N) is 1. The Balaban J connectivity index is 2.89. The Kier molecular flexibility index (Phi) is 4.99. The number of benzene rings is 1. The van der Waals surface area contributed by atoms with Crippen molar-refractivity contribution in [2.75, 3.05) is 0 Å². The fraction of sp³-hybridized carbons (Fsp3) is 0.250. The zero-order chi connectivity index (χ0) is 11.3. The lowest BCUT2D eigenvalue weighted by Crippen LogP contribution is -1.87. The minimum absolute atomic E-state index is 0.703. The van der Waals surface area contributed by atoms with Gasteiger partial charge in [0, 0.05) is 0 Å². The molecule has 1 rings (SSSR count). The van der Waals surface area contributed by atoms with E-state index in [-0.39, 0.29) is 0 Å². The maximum atomic E-state index is 4.37. The van der Waals surface area contributed by atoms with Crippen molar-refractivity contribution in [2.24, 2.45) is 4.99 Å². The van der Waals surface area contributed by atoms with E-state index in [1.165, 1.54) is 5.56 Å². The molecule has 0 unspecified atom stereocenters. The molecule has 0 heterocycles. The van der Waals surface area contributed by atoms with E-state index in [2.05, 4.69) is 49.3 Å². The molecule has 0 radical (unpaired) electrons. The number of rotatable bonds is 3.